The fourth-order valence-electron chi connectivity index (χ4n) is 4.00. The number of carbonyl (C=O) groups excluding carboxylic acids is 2. The first-order chi connectivity index (χ1) is 21.5. The molecule has 0 aliphatic heterocycles. The quantitative estimate of drug-likeness (QED) is 0.0984. The SMILES string of the molecule is CCOc1cc(/C=N\NC(=O)c2ccc(-c3csc(Nc4ccc(Cl)cc4)n3)cc2)ccc1OCC(=O)Nc1ccccc1. The highest BCUT2D eigenvalue weighted by Gasteiger charge is 2.11. The van der Waals surface area contributed by atoms with Crippen LogP contribution in [0.4, 0.5) is 16.5 Å². The van der Waals surface area contributed by atoms with Crippen molar-refractivity contribution in [2.45, 2.75) is 6.92 Å². The number of para-hydroxylation sites is 1. The van der Waals surface area contributed by atoms with Crippen LogP contribution in [0.3, 0.4) is 0 Å². The van der Waals surface area contributed by atoms with Gasteiger partial charge in [-0.25, -0.2) is 10.4 Å². The van der Waals surface area contributed by atoms with E-state index in [-0.39, 0.29) is 18.4 Å². The molecule has 0 spiro atoms. The van der Waals surface area contributed by atoms with Crippen LogP contribution >= 0.6 is 22.9 Å². The Kier molecular flexibility index (Phi) is 10.2. The summed E-state index contributed by atoms with van der Waals surface area (Å²) < 4.78 is 11.4. The molecule has 0 aliphatic rings. The lowest BCUT2D eigenvalue weighted by atomic mass is 10.1. The van der Waals surface area contributed by atoms with Crippen molar-refractivity contribution in [3.63, 3.8) is 0 Å². The van der Waals surface area contributed by atoms with Crippen molar-refractivity contribution in [3.8, 4) is 22.8 Å². The van der Waals surface area contributed by atoms with Crippen molar-refractivity contribution in [3.05, 3.63) is 119 Å². The van der Waals surface area contributed by atoms with Gasteiger partial charge in [0.05, 0.1) is 18.5 Å². The molecule has 0 radical (unpaired) electrons. The van der Waals surface area contributed by atoms with Crippen LogP contribution in [-0.2, 0) is 4.79 Å². The Morgan fingerprint density at radius 3 is 2.43 bits per heavy atom. The first-order valence-electron chi connectivity index (χ1n) is 13.6. The van der Waals surface area contributed by atoms with E-state index in [0.29, 0.717) is 39.9 Å². The minimum atomic E-state index is -0.356. The maximum Gasteiger partial charge on any atom is 0.271 e. The number of nitrogens with one attached hydrogen (secondary N) is 3. The Labute approximate surface area is 263 Å². The van der Waals surface area contributed by atoms with Crippen molar-refractivity contribution >= 4 is 57.5 Å². The molecule has 0 atom stereocenters. The first-order valence-corrected chi connectivity index (χ1v) is 14.9. The number of halogens is 1. The Morgan fingerprint density at radius 2 is 1.68 bits per heavy atom. The number of aromatic nitrogens is 1. The maximum atomic E-state index is 12.7. The molecular weight excluding hydrogens is 598 g/mol. The fourth-order valence-corrected chi connectivity index (χ4v) is 4.86. The summed E-state index contributed by atoms with van der Waals surface area (Å²) in [5.41, 5.74) is 6.93. The largest absolute Gasteiger partial charge is 0.490 e. The summed E-state index contributed by atoms with van der Waals surface area (Å²) in [5, 5.41) is 13.5. The predicted octanol–water partition coefficient (Wildman–Crippen LogP) is 7.39. The molecule has 222 valence electrons. The second kappa shape index (κ2) is 14.8. The number of amides is 2. The van der Waals surface area contributed by atoms with Gasteiger partial charge in [0.1, 0.15) is 0 Å². The maximum absolute atomic E-state index is 12.7. The Bertz CT molecular complexity index is 1740. The van der Waals surface area contributed by atoms with Crippen molar-refractivity contribution in [1.29, 1.82) is 0 Å². The molecule has 44 heavy (non-hydrogen) atoms. The number of nitrogens with zero attached hydrogens (tertiary/aromatic N) is 2. The van der Waals surface area contributed by atoms with Crippen molar-refractivity contribution in [2.75, 3.05) is 23.8 Å². The van der Waals surface area contributed by atoms with Crippen LogP contribution in [0.1, 0.15) is 22.8 Å². The Morgan fingerprint density at radius 1 is 0.909 bits per heavy atom. The zero-order valence-corrected chi connectivity index (χ0v) is 25.2. The standard InChI is InChI=1S/C33H28ClN5O4S/c1-2-42-30-18-22(8-17-29(30)43-20-31(40)36-26-6-4-3-5-7-26)19-35-39-32(41)24-11-9-23(10-12-24)28-21-44-33(38-28)37-27-15-13-25(34)14-16-27/h3-19,21H,2,20H2,1H3,(H,36,40)(H,37,38)(H,39,41)/b35-19-. The van der Waals surface area contributed by atoms with E-state index in [1.807, 2.05) is 66.9 Å². The molecule has 0 saturated carbocycles. The molecule has 11 heteroatoms. The first kappa shape index (κ1) is 30.3. The van der Waals surface area contributed by atoms with Crippen molar-refractivity contribution in [2.24, 2.45) is 5.10 Å². The topological polar surface area (TPSA) is 114 Å². The lowest BCUT2D eigenvalue weighted by molar-refractivity contribution is -0.118. The third-order valence-electron chi connectivity index (χ3n) is 6.11. The second-order valence-corrected chi connectivity index (χ2v) is 10.6. The molecule has 4 aromatic carbocycles. The van der Waals surface area contributed by atoms with E-state index < -0.39 is 0 Å². The molecule has 0 fully saturated rings. The number of ether oxygens (including phenoxy) is 2. The zero-order valence-electron chi connectivity index (χ0n) is 23.6. The lowest BCUT2D eigenvalue weighted by Crippen LogP contribution is -2.20. The van der Waals surface area contributed by atoms with Crippen LogP contribution < -0.4 is 25.5 Å². The van der Waals surface area contributed by atoms with Gasteiger partial charge in [-0.2, -0.15) is 5.10 Å². The van der Waals surface area contributed by atoms with Crippen LogP contribution in [-0.4, -0.2) is 36.2 Å². The van der Waals surface area contributed by atoms with E-state index in [9.17, 15) is 9.59 Å². The summed E-state index contributed by atoms with van der Waals surface area (Å²) in [6.07, 6.45) is 1.51. The summed E-state index contributed by atoms with van der Waals surface area (Å²) in [7, 11) is 0. The van der Waals surface area contributed by atoms with Crippen LogP contribution in [0.15, 0.2) is 108 Å². The zero-order chi connectivity index (χ0) is 30.7. The molecule has 1 aromatic heterocycles. The van der Waals surface area contributed by atoms with Gasteiger partial charge in [-0.15, -0.1) is 11.3 Å². The monoisotopic (exact) mass is 625 g/mol. The number of anilines is 3. The highest BCUT2D eigenvalue weighted by molar-refractivity contribution is 7.14. The fraction of sp³-hybridized carbons (Fsp3) is 0.0909. The summed E-state index contributed by atoms with van der Waals surface area (Å²) in [4.78, 5) is 29.6. The van der Waals surface area contributed by atoms with E-state index in [2.05, 4.69) is 26.1 Å². The molecule has 0 unspecified atom stereocenters. The third-order valence-corrected chi connectivity index (χ3v) is 7.12. The van der Waals surface area contributed by atoms with Gasteiger partial charge in [-0.1, -0.05) is 41.9 Å². The average molecular weight is 626 g/mol. The summed E-state index contributed by atoms with van der Waals surface area (Å²) in [6, 6.07) is 28.8. The number of benzene rings is 4. The summed E-state index contributed by atoms with van der Waals surface area (Å²) in [6.45, 7) is 2.08. The normalized spacial score (nSPS) is 10.8. The van der Waals surface area contributed by atoms with Gasteiger partial charge >= 0.3 is 0 Å². The lowest BCUT2D eigenvalue weighted by Gasteiger charge is -2.12. The number of thiazole rings is 1. The number of hydrazone groups is 1. The highest BCUT2D eigenvalue weighted by Crippen LogP contribution is 2.29. The van der Waals surface area contributed by atoms with Gasteiger partial charge < -0.3 is 20.1 Å². The molecule has 0 aliphatic carbocycles. The minimum Gasteiger partial charge on any atom is -0.490 e. The second-order valence-electron chi connectivity index (χ2n) is 9.29. The molecule has 5 aromatic rings. The van der Waals surface area contributed by atoms with Crippen LogP contribution in [0.25, 0.3) is 11.3 Å². The minimum absolute atomic E-state index is 0.179. The molecule has 5 rings (SSSR count). The molecular formula is C33H28ClN5O4S. The van der Waals surface area contributed by atoms with Gasteiger partial charge in [-0.3, -0.25) is 9.59 Å². The highest BCUT2D eigenvalue weighted by atomic mass is 35.5. The van der Waals surface area contributed by atoms with E-state index in [1.54, 1.807) is 42.5 Å². The van der Waals surface area contributed by atoms with E-state index in [4.69, 9.17) is 21.1 Å². The Hall–Kier alpha value is -5.19. The number of hydrogen-bond acceptors (Lipinski definition) is 8. The summed E-state index contributed by atoms with van der Waals surface area (Å²) in [5.74, 6) is 0.233. The van der Waals surface area contributed by atoms with Gasteiger partial charge in [0.25, 0.3) is 11.8 Å². The van der Waals surface area contributed by atoms with Crippen LogP contribution in [0.2, 0.25) is 5.02 Å². The molecule has 2 amide bonds. The van der Waals surface area contributed by atoms with E-state index in [0.717, 1.165) is 22.1 Å². The average Bonchev–Trinajstić information content (AvgIpc) is 3.51. The van der Waals surface area contributed by atoms with Crippen molar-refractivity contribution < 1.29 is 19.1 Å². The number of carbonyl (C=O) groups is 2. The van der Waals surface area contributed by atoms with Gasteiger partial charge in [0, 0.05) is 32.9 Å². The Balaban J connectivity index is 1.14. The third kappa shape index (κ3) is 8.43. The molecule has 3 N–H and O–H groups in total. The number of hydrogen-bond donors (Lipinski definition) is 3. The molecule has 9 nitrogen and oxygen atoms in total. The summed E-state index contributed by atoms with van der Waals surface area (Å²) >= 11 is 7.43. The van der Waals surface area contributed by atoms with E-state index in [1.165, 1.54) is 17.6 Å². The van der Waals surface area contributed by atoms with Gasteiger partial charge in [0.15, 0.2) is 23.2 Å². The van der Waals surface area contributed by atoms with Crippen LogP contribution in [0, 0.1) is 0 Å². The molecule has 0 bridgehead atoms. The molecule has 0 saturated heterocycles. The smallest absolute Gasteiger partial charge is 0.271 e. The molecule has 1 heterocycles. The van der Waals surface area contributed by atoms with Gasteiger partial charge in [0.2, 0.25) is 0 Å². The van der Waals surface area contributed by atoms with Crippen molar-refractivity contribution in [1.82, 2.24) is 10.4 Å². The predicted molar refractivity (Wildman–Crippen MR) is 176 cm³/mol. The van der Waals surface area contributed by atoms with Gasteiger partial charge in [-0.05, 0) is 79.2 Å². The van der Waals surface area contributed by atoms with Crippen LogP contribution in [0.5, 0.6) is 11.5 Å². The number of rotatable bonds is 12. The van der Waals surface area contributed by atoms with E-state index >= 15 is 0 Å².